The zero-order valence-electron chi connectivity index (χ0n) is 11.9. The fourth-order valence-corrected chi connectivity index (χ4v) is 2.21. The van der Waals surface area contributed by atoms with Gasteiger partial charge in [-0.3, -0.25) is 4.79 Å². The molecule has 0 aromatic heterocycles. The molecule has 1 aliphatic rings. The Bertz CT molecular complexity index is 475. The van der Waals surface area contributed by atoms with Gasteiger partial charge in [-0.15, -0.1) is 0 Å². The molecular formula is C15H21N3O2. The van der Waals surface area contributed by atoms with Crippen LogP contribution in [-0.4, -0.2) is 30.6 Å². The third kappa shape index (κ3) is 3.50. The van der Waals surface area contributed by atoms with E-state index in [-0.39, 0.29) is 24.0 Å². The van der Waals surface area contributed by atoms with Gasteiger partial charge in [-0.25, -0.2) is 4.79 Å². The summed E-state index contributed by atoms with van der Waals surface area (Å²) in [5, 5.41) is 5.71. The third-order valence-electron chi connectivity index (χ3n) is 3.52. The highest BCUT2D eigenvalue weighted by Crippen LogP contribution is 2.20. The van der Waals surface area contributed by atoms with E-state index in [1.165, 1.54) is 0 Å². The molecule has 0 aliphatic carbocycles. The molecule has 2 rings (SSSR count). The van der Waals surface area contributed by atoms with E-state index in [1.54, 1.807) is 4.90 Å². The standard InChI is InChI=1S/C15H21N3O2/c1-3-11(2)16-15(20)17-12-9-14(19)18(10-12)13-7-5-4-6-8-13/h4-8,11-12H,3,9-10H2,1-2H3,(H2,16,17,20)/t11-,12+/m0/s1. The number of hydrogen-bond donors (Lipinski definition) is 2. The van der Waals surface area contributed by atoms with E-state index in [0.29, 0.717) is 13.0 Å². The number of urea groups is 1. The smallest absolute Gasteiger partial charge is 0.315 e. The number of para-hydroxylation sites is 1. The first-order chi connectivity index (χ1) is 9.60. The minimum atomic E-state index is -0.202. The second-order valence-corrected chi connectivity index (χ2v) is 5.17. The van der Waals surface area contributed by atoms with Crippen LogP contribution < -0.4 is 15.5 Å². The molecule has 2 atom stereocenters. The summed E-state index contributed by atoms with van der Waals surface area (Å²) < 4.78 is 0. The molecular weight excluding hydrogens is 254 g/mol. The summed E-state index contributed by atoms with van der Waals surface area (Å²) in [5.74, 6) is 0.0463. The normalized spacial score (nSPS) is 19.8. The zero-order valence-corrected chi connectivity index (χ0v) is 11.9. The van der Waals surface area contributed by atoms with Crippen molar-refractivity contribution in [3.05, 3.63) is 30.3 Å². The Morgan fingerprint density at radius 1 is 1.40 bits per heavy atom. The average molecular weight is 275 g/mol. The van der Waals surface area contributed by atoms with Crippen molar-refractivity contribution < 1.29 is 9.59 Å². The maximum absolute atomic E-state index is 12.0. The van der Waals surface area contributed by atoms with Gasteiger partial charge in [0, 0.05) is 24.7 Å². The lowest BCUT2D eigenvalue weighted by molar-refractivity contribution is -0.117. The highest BCUT2D eigenvalue weighted by Gasteiger charge is 2.31. The monoisotopic (exact) mass is 275 g/mol. The van der Waals surface area contributed by atoms with Crippen molar-refractivity contribution in [2.45, 2.75) is 38.8 Å². The van der Waals surface area contributed by atoms with E-state index in [2.05, 4.69) is 10.6 Å². The molecule has 1 heterocycles. The first-order valence-corrected chi connectivity index (χ1v) is 7.02. The van der Waals surface area contributed by atoms with Gasteiger partial charge in [-0.2, -0.15) is 0 Å². The van der Waals surface area contributed by atoms with Crippen LogP contribution in [0.15, 0.2) is 30.3 Å². The number of anilines is 1. The number of amides is 3. The maximum Gasteiger partial charge on any atom is 0.315 e. The second kappa shape index (κ2) is 6.41. The van der Waals surface area contributed by atoms with Crippen LogP contribution >= 0.6 is 0 Å². The van der Waals surface area contributed by atoms with Crippen LogP contribution in [0.1, 0.15) is 26.7 Å². The van der Waals surface area contributed by atoms with Crippen molar-refractivity contribution in [3.63, 3.8) is 0 Å². The van der Waals surface area contributed by atoms with Gasteiger partial charge in [0.05, 0.1) is 6.04 Å². The molecule has 1 aliphatic heterocycles. The van der Waals surface area contributed by atoms with Gasteiger partial charge < -0.3 is 15.5 Å². The van der Waals surface area contributed by atoms with Gasteiger partial charge in [0.25, 0.3) is 0 Å². The molecule has 1 saturated heterocycles. The molecule has 5 nitrogen and oxygen atoms in total. The van der Waals surface area contributed by atoms with Crippen LogP contribution in [0, 0.1) is 0 Å². The van der Waals surface area contributed by atoms with Crippen LogP contribution in [0.4, 0.5) is 10.5 Å². The van der Waals surface area contributed by atoms with Crippen molar-refractivity contribution in [1.82, 2.24) is 10.6 Å². The number of hydrogen-bond acceptors (Lipinski definition) is 2. The Morgan fingerprint density at radius 3 is 2.75 bits per heavy atom. The Morgan fingerprint density at radius 2 is 2.10 bits per heavy atom. The fraction of sp³-hybridized carbons (Fsp3) is 0.467. The third-order valence-corrected chi connectivity index (χ3v) is 3.52. The van der Waals surface area contributed by atoms with E-state index in [9.17, 15) is 9.59 Å². The Kier molecular flexibility index (Phi) is 4.61. The summed E-state index contributed by atoms with van der Waals surface area (Å²) in [4.78, 5) is 25.5. The van der Waals surface area contributed by atoms with Crippen LogP contribution in [0.2, 0.25) is 0 Å². The Hall–Kier alpha value is -2.04. The molecule has 0 bridgehead atoms. The van der Waals surface area contributed by atoms with Crippen LogP contribution in [0.3, 0.4) is 0 Å². The highest BCUT2D eigenvalue weighted by molar-refractivity contribution is 5.96. The number of nitrogens with zero attached hydrogens (tertiary/aromatic N) is 1. The molecule has 1 aromatic carbocycles. The van der Waals surface area contributed by atoms with Crippen molar-refractivity contribution in [2.24, 2.45) is 0 Å². The quantitative estimate of drug-likeness (QED) is 0.881. The first-order valence-electron chi connectivity index (χ1n) is 7.02. The first kappa shape index (κ1) is 14.4. The van der Waals surface area contributed by atoms with Crippen LogP contribution in [0.25, 0.3) is 0 Å². The lowest BCUT2D eigenvalue weighted by Gasteiger charge is -2.18. The average Bonchev–Trinajstić information content (AvgIpc) is 2.80. The highest BCUT2D eigenvalue weighted by atomic mass is 16.2. The zero-order chi connectivity index (χ0) is 14.5. The van der Waals surface area contributed by atoms with E-state index in [4.69, 9.17) is 0 Å². The topological polar surface area (TPSA) is 61.4 Å². The second-order valence-electron chi connectivity index (χ2n) is 5.17. The Labute approximate surface area is 119 Å². The van der Waals surface area contributed by atoms with Crippen molar-refractivity contribution >= 4 is 17.6 Å². The number of carbonyl (C=O) groups excluding carboxylic acids is 2. The van der Waals surface area contributed by atoms with Crippen molar-refractivity contribution in [3.8, 4) is 0 Å². The van der Waals surface area contributed by atoms with Gasteiger partial charge >= 0.3 is 6.03 Å². The van der Waals surface area contributed by atoms with Crippen molar-refractivity contribution in [2.75, 3.05) is 11.4 Å². The predicted molar refractivity (Wildman–Crippen MR) is 78.6 cm³/mol. The summed E-state index contributed by atoms with van der Waals surface area (Å²) in [6, 6.07) is 9.33. The summed E-state index contributed by atoms with van der Waals surface area (Å²) >= 11 is 0. The molecule has 0 saturated carbocycles. The number of nitrogens with one attached hydrogen (secondary N) is 2. The van der Waals surface area contributed by atoms with Crippen LogP contribution in [-0.2, 0) is 4.79 Å². The molecule has 3 amide bonds. The van der Waals surface area contributed by atoms with E-state index >= 15 is 0 Å². The molecule has 108 valence electrons. The summed E-state index contributed by atoms with van der Waals surface area (Å²) in [6.45, 7) is 4.49. The molecule has 0 spiro atoms. The fourth-order valence-electron chi connectivity index (χ4n) is 2.21. The van der Waals surface area contributed by atoms with Gasteiger partial charge in [-0.1, -0.05) is 25.1 Å². The largest absolute Gasteiger partial charge is 0.336 e. The summed E-state index contributed by atoms with van der Waals surface area (Å²) in [7, 11) is 0. The molecule has 0 unspecified atom stereocenters. The van der Waals surface area contributed by atoms with Gasteiger partial charge in [0.1, 0.15) is 0 Å². The number of carbonyl (C=O) groups is 2. The molecule has 2 N–H and O–H groups in total. The van der Waals surface area contributed by atoms with E-state index < -0.39 is 0 Å². The Balaban J connectivity index is 1.91. The van der Waals surface area contributed by atoms with Crippen molar-refractivity contribution in [1.29, 1.82) is 0 Å². The van der Waals surface area contributed by atoms with Crippen LogP contribution in [0.5, 0.6) is 0 Å². The maximum atomic E-state index is 12.0. The minimum Gasteiger partial charge on any atom is -0.336 e. The summed E-state index contributed by atoms with van der Waals surface area (Å²) in [6.07, 6.45) is 1.23. The lowest BCUT2D eigenvalue weighted by Crippen LogP contribution is -2.46. The predicted octanol–water partition coefficient (Wildman–Crippen LogP) is 1.89. The number of rotatable bonds is 4. The SMILES string of the molecule is CC[C@H](C)NC(=O)N[C@@H]1CC(=O)N(c2ccccc2)C1. The van der Waals surface area contributed by atoms with E-state index in [1.807, 2.05) is 44.2 Å². The van der Waals surface area contributed by atoms with Gasteiger partial charge in [0.2, 0.25) is 5.91 Å². The number of benzene rings is 1. The molecule has 0 radical (unpaired) electrons. The van der Waals surface area contributed by atoms with Gasteiger partial charge in [0.15, 0.2) is 0 Å². The van der Waals surface area contributed by atoms with Gasteiger partial charge in [-0.05, 0) is 25.5 Å². The summed E-state index contributed by atoms with van der Waals surface area (Å²) in [5.41, 5.74) is 0.879. The minimum absolute atomic E-state index is 0.0463. The molecule has 1 fully saturated rings. The molecule has 1 aromatic rings. The lowest BCUT2D eigenvalue weighted by atomic mass is 10.2. The molecule has 5 heteroatoms. The van der Waals surface area contributed by atoms with E-state index in [0.717, 1.165) is 12.1 Å². The molecule has 20 heavy (non-hydrogen) atoms.